The second kappa shape index (κ2) is 8.25. The van der Waals surface area contributed by atoms with E-state index in [1.54, 1.807) is 6.92 Å². The molecule has 26 heavy (non-hydrogen) atoms. The van der Waals surface area contributed by atoms with Crippen LogP contribution in [0, 0.1) is 6.92 Å². The van der Waals surface area contributed by atoms with Gasteiger partial charge < -0.3 is 5.32 Å². The predicted molar refractivity (Wildman–Crippen MR) is 101 cm³/mol. The molecule has 0 aliphatic rings. The first-order valence-electron chi connectivity index (χ1n) is 8.56. The van der Waals surface area contributed by atoms with Crippen molar-refractivity contribution in [2.45, 2.75) is 19.4 Å². The Bertz CT molecular complexity index is 881. The Morgan fingerprint density at radius 3 is 2.15 bits per heavy atom. The molecule has 0 radical (unpaired) electrons. The topological polar surface area (TPSA) is 64.0 Å². The van der Waals surface area contributed by atoms with Crippen LogP contribution in [0.2, 0.25) is 0 Å². The Hall–Kier alpha value is -3.21. The molecule has 132 valence electrons. The van der Waals surface area contributed by atoms with Crippen LogP contribution in [0.3, 0.4) is 0 Å². The third-order valence-electron chi connectivity index (χ3n) is 4.20. The zero-order chi connectivity index (χ0) is 18.4. The second-order valence-corrected chi connectivity index (χ2v) is 6.11. The van der Waals surface area contributed by atoms with Crippen molar-refractivity contribution in [2.24, 2.45) is 0 Å². The number of hydrogen-bond donors (Lipinski definition) is 1. The second-order valence-electron chi connectivity index (χ2n) is 6.11. The number of aryl methyl sites for hydroxylation is 1. The molecule has 2 aromatic carbocycles. The number of nitrogens with one attached hydrogen (secondary N) is 1. The fourth-order valence-electron chi connectivity index (χ4n) is 2.87. The summed E-state index contributed by atoms with van der Waals surface area (Å²) in [6.45, 7) is 2.52. The summed E-state index contributed by atoms with van der Waals surface area (Å²) in [5, 5.41) is 2.94. The van der Waals surface area contributed by atoms with Crippen molar-refractivity contribution in [3.05, 3.63) is 100 Å². The van der Waals surface area contributed by atoms with Crippen molar-refractivity contribution >= 4 is 5.91 Å². The van der Waals surface area contributed by atoms with Crippen LogP contribution >= 0.6 is 0 Å². The zero-order valence-electron chi connectivity index (χ0n) is 14.6. The van der Waals surface area contributed by atoms with E-state index in [0.29, 0.717) is 18.8 Å². The summed E-state index contributed by atoms with van der Waals surface area (Å²) in [6.07, 6.45) is 1.51. The number of amides is 1. The molecule has 0 saturated carbocycles. The number of benzene rings is 2. The van der Waals surface area contributed by atoms with Crippen molar-refractivity contribution in [3.63, 3.8) is 0 Å². The summed E-state index contributed by atoms with van der Waals surface area (Å²) in [4.78, 5) is 28.9. The van der Waals surface area contributed by atoms with Gasteiger partial charge in [0.25, 0.3) is 5.56 Å². The van der Waals surface area contributed by atoms with Crippen molar-refractivity contribution in [2.75, 3.05) is 6.54 Å². The molecule has 3 aromatic rings. The predicted octanol–water partition coefficient (Wildman–Crippen LogP) is 2.50. The normalized spacial score (nSPS) is 10.7. The van der Waals surface area contributed by atoms with E-state index in [-0.39, 0.29) is 17.4 Å². The van der Waals surface area contributed by atoms with Gasteiger partial charge in [0.1, 0.15) is 0 Å². The zero-order valence-corrected chi connectivity index (χ0v) is 14.6. The molecular weight excluding hydrogens is 326 g/mol. The van der Waals surface area contributed by atoms with Gasteiger partial charge in [0.2, 0.25) is 5.91 Å². The monoisotopic (exact) mass is 347 g/mol. The molecule has 1 N–H and O–H groups in total. The van der Waals surface area contributed by atoms with Gasteiger partial charge in [-0.1, -0.05) is 60.7 Å². The fraction of sp³-hybridized carbons (Fsp3) is 0.190. The van der Waals surface area contributed by atoms with Crippen LogP contribution in [-0.2, 0) is 11.3 Å². The summed E-state index contributed by atoms with van der Waals surface area (Å²) in [6, 6.07) is 20.9. The average molecular weight is 347 g/mol. The van der Waals surface area contributed by atoms with Gasteiger partial charge in [-0.25, -0.2) is 4.98 Å². The molecule has 0 aliphatic heterocycles. The van der Waals surface area contributed by atoms with Gasteiger partial charge in [-0.15, -0.1) is 0 Å². The number of rotatable bonds is 6. The minimum absolute atomic E-state index is 0.0875. The maximum Gasteiger partial charge on any atom is 0.253 e. The Kier molecular flexibility index (Phi) is 5.59. The molecule has 5 heteroatoms. The van der Waals surface area contributed by atoms with Gasteiger partial charge in [-0.3, -0.25) is 14.2 Å². The molecule has 0 bridgehead atoms. The third-order valence-corrected chi connectivity index (χ3v) is 4.20. The number of nitrogens with zero attached hydrogens (tertiary/aromatic N) is 2. The molecule has 5 nitrogen and oxygen atoms in total. The largest absolute Gasteiger partial charge is 0.353 e. The Balaban J connectivity index is 1.73. The lowest BCUT2D eigenvalue weighted by Crippen LogP contribution is -2.34. The summed E-state index contributed by atoms with van der Waals surface area (Å²) >= 11 is 0. The summed E-state index contributed by atoms with van der Waals surface area (Å²) in [5.41, 5.74) is 2.44. The summed E-state index contributed by atoms with van der Waals surface area (Å²) in [7, 11) is 0. The van der Waals surface area contributed by atoms with Crippen LogP contribution in [-0.4, -0.2) is 22.0 Å². The Labute approximate surface area is 152 Å². The minimum atomic E-state index is -0.384. The van der Waals surface area contributed by atoms with E-state index in [1.165, 1.54) is 17.0 Å². The van der Waals surface area contributed by atoms with Gasteiger partial charge in [-0.05, 0) is 18.1 Å². The lowest BCUT2D eigenvalue weighted by atomic mass is 9.90. The molecule has 0 unspecified atom stereocenters. The van der Waals surface area contributed by atoms with Crippen LogP contribution in [0.4, 0.5) is 0 Å². The molecule has 1 aromatic heterocycles. The highest BCUT2D eigenvalue weighted by Crippen LogP contribution is 2.24. The molecule has 1 heterocycles. The van der Waals surface area contributed by atoms with Gasteiger partial charge in [-0.2, -0.15) is 0 Å². The molecular formula is C21H21N3O2. The first-order chi connectivity index (χ1) is 12.6. The summed E-state index contributed by atoms with van der Waals surface area (Å²) in [5.74, 6) is -0.471. The highest BCUT2D eigenvalue weighted by molar-refractivity contribution is 5.87. The molecule has 3 rings (SSSR count). The van der Waals surface area contributed by atoms with Crippen molar-refractivity contribution in [1.82, 2.24) is 14.9 Å². The SMILES string of the molecule is Cc1cc(=O)n(CCNC(=O)C(c2ccccc2)c2ccccc2)cn1. The van der Waals surface area contributed by atoms with Crippen LogP contribution in [0.1, 0.15) is 22.7 Å². The number of carbonyl (C=O) groups excluding carboxylic acids is 1. The molecule has 1 amide bonds. The quantitative estimate of drug-likeness (QED) is 0.745. The first-order valence-corrected chi connectivity index (χ1v) is 8.56. The lowest BCUT2D eigenvalue weighted by molar-refractivity contribution is -0.121. The molecule has 0 spiro atoms. The highest BCUT2D eigenvalue weighted by Gasteiger charge is 2.22. The maximum absolute atomic E-state index is 12.9. The number of aromatic nitrogens is 2. The minimum Gasteiger partial charge on any atom is -0.353 e. The maximum atomic E-state index is 12.9. The van der Waals surface area contributed by atoms with Crippen LogP contribution in [0.25, 0.3) is 0 Å². The number of hydrogen-bond acceptors (Lipinski definition) is 3. The van der Waals surface area contributed by atoms with Crippen molar-refractivity contribution in [1.29, 1.82) is 0 Å². The highest BCUT2D eigenvalue weighted by atomic mass is 16.2. The van der Waals surface area contributed by atoms with E-state index in [2.05, 4.69) is 10.3 Å². The smallest absolute Gasteiger partial charge is 0.253 e. The van der Waals surface area contributed by atoms with Crippen LogP contribution in [0.15, 0.2) is 77.9 Å². The van der Waals surface area contributed by atoms with Crippen LogP contribution in [0.5, 0.6) is 0 Å². The Morgan fingerprint density at radius 2 is 1.62 bits per heavy atom. The molecule has 0 fully saturated rings. The van der Waals surface area contributed by atoms with Gasteiger partial charge in [0, 0.05) is 24.8 Å². The number of carbonyl (C=O) groups is 1. The van der Waals surface area contributed by atoms with Gasteiger partial charge in [0.05, 0.1) is 12.2 Å². The van der Waals surface area contributed by atoms with E-state index in [1.807, 2.05) is 60.7 Å². The van der Waals surface area contributed by atoms with Gasteiger partial charge in [0.15, 0.2) is 0 Å². The van der Waals surface area contributed by atoms with E-state index in [4.69, 9.17) is 0 Å². The summed E-state index contributed by atoms with van der Waals surface area (Å²) < 4.78 is 1.49. The van der Waals surface area contributed by atoms with E-state index in [9.17, 15) is 9.59 Å². The van der Waals surface area contributed by atoms with Crippen molar-refractivity contribution < 1.29 is 4.79 Å². The first kappa shape index (κ1) is 17.6. The molecule has 0 saturated heterocycles. The van der Waals surface area contributed by atoms with E-state index in [0.717, 1.165) is 11.1 Å². The standard InChI is InChI=1S/C21H21N3O2/c1-16-14-19(25)24(15-23-16)13-12-22-21(26)20(17-8-4-2-5-9-17)18-10-6-3-7-11-18/h2-11,14-15,20H,12-13H2,1H3,(H,22,26). The van der Waals surface area contributed by atoms with Gasteiger partial charge >= 0.3 is 0 Å². The molecule has 0 aliphatic carbocycles. The average Bonchev–Trinajstić information content (AvgIpc) is 2.65. The van der Waals surface area contributed by atoms with Crippen LogP contribution < -0.4 is 10.9 Å². The van der Waals surface area contributed by atoms with Crippen molar-refractivity contribution in [3.8, 4) is 0 Å². The molecule has 0 atom stereocenters. The van der Waals surface area contributed by atoms with E-state index >= 15 is 0 Å². The lowest BCUT2D eigenvalue weighted by Gasteiger charge is -2.18. The van der Waals surface area contributed by atoms with E-state index < -0.39 is 0 Å². The fourth-order valence-corrected chi connectivity index (χ4v) is 2.87. The Morgan fingerprint density at radius 1 is 1.04 bits per heavy atom. The third kappa shape index (κ3) is 4.25.